The van der Waals surface area contributed by atoms with Gasteiger partial charge in [0.05, 0.1) is 5.75 Å². The van der Waals surface area contributed by atoms with Crippen LogP contribution in [0.3, 0.4) is 0 Å². The van der Waals surface area contributed by atoms with E-state index in [1.165, 1.54) is 5.56 Å². The standard InChI is InChI=1S/C18H23NO2S/c1-15-7-6-8-17(13-15)14-22(20,21)19-12-11-16(2)18-9-4-3-5-10-18/h3-10,13,16,19H,11-12,14H2,1-2H3. The van der Waals surface area contributed by atoms with Gasteiger partial charge in [-0.2, -0.15) is 0 Å². The minimum atomic E-state index is -3.28. The molecule has 0 fully saturated rings. The molecule has 0 aliphatic rings. The molecule has 2 rings (SSSR count). The summed E-state index contributed by atoms with van der Waals surface area (Å²) >= 11 is 0. The Morgan fingerprint density at radius 1 is 1.05 bits per heavy atom. The second kappa shape index (κ2) is 7.56. The first-order chi connectivity index (χ1) is 10.5. The molecule has 0 spiro atoms. The molecule has 0 saturated heterocycles. The number of sulfonamides is 1. The first-order valence-electron chi connectivity index (χ1n) is 7.54. The van der Waals surface area contributed by atoms with Crippen LogP contribution in [0.5, 0.6) is 0 Å². The molecule has 22 heavy (non-hydrogen) atoms. The summed E-state index contributed by atoms with van der Waals surface area (Å²) in [6, 6.07) is 17.8. The van der Waals surface area contributed by atoms with Crippen LogP contribution in [0.15, 0.2) is 54.6 Å². The molecule has 1 atom stereocenters. The zero-order chi connectivity index (χ0) is 16.0. The van der Waals surface area contributed by atoms with Gasteiger partial charge in [0.15, 0.2) is 0 Å². The number of nitrogens with one attached hydrogen (secondary N) is 1. The number of rotatable bonds is 7. The summed E-state index contributed by atoms with van der Waals surface area (Å²) < 4.78 is 26.9. The summed E-state index contributed by atoms with van der Waals surface area (Å²) in [5.41, 5.74) is 3.13. The van der Waals surface area contributed by atoms with Crippen LogP contribution in [0.25, 0.3) is 0 Å². The van der Waals surface area contributed by atoms with Gasteiger partial charge in [-0.1, -0.05) is 67.1 Å². The molecule has 0 aliphatic heterocycles. The molecule has 4 heteroatoms. The Morgan fingerprint density at radius 2 is 1.77 bits per heavy atom. The van der Waals surface area contributed by atoms with E-state index in [0.29, 0.717) is 12.5 Å². The fraction of sp³-hybridized carbons (Fsp3) is 0.333. The quantitative estimate of drug-likeness (QED) is 0.848. The molecule has 0 saturated carbocycles. The predicted octanol–water partition coefficient (Wildman–Crippen LogP) is 3.61. The van der Waals surface area contributed by atoms with E-state index in [0.717, 1.165) is 17.5 Å². The Hall–Kier alpha value is -1.65. The average molecular weight is 317 g/mol. The first-order valence-corrected chi connectivity index (χ1v) is 9.19. The van der Waals surface area contributed by atoms with Crippen molar-refractivity contribution >= 4 is 10.0 Å². The Morgan fingerprint density at radius 3 is 2.45 bits per heavy atom. The number of benzene rings is 2. The highest BCUT2D eigenvalue weighted by molar-refractivity contribution is 7.88. The van der Waals surface area contributed by atoms with Crippen molar-refractivity contribution in [3.63, 3.8) is 0 Å². The van der Waals surface area contributed by atoms with Crippen LogP contribution in [0.1, 0.15) is 36.0 Å². The molecule has 2 aromatic rings. The van der Waals surface area contributed by atoms with Crippen LogP contribution in [0, 0.1) is 6.92 Å². The van der Waals surface area contributed by atoms with Gasteiger partial charge in [-0.3, -0.25) is 0 Å². The Labute approximate surface area is 133 Å². The van der Waals surface area contributed by atoms with Gasteiger partial charge in [0, 0.05) is 6.54 Å². The van der Waals surface area contributed by atoms with Gasteiger partial charge in [0.25, 0.3) is 0 Å². The van der Waals surface area contributed by atoms with Crippen molar-refractivity contribution in [2.24, 2.45) is 0 Å². The second-order valence-electron chi connectivity index (χ2n) is 5.74. The van der Waals surface area contributed by atoms with Crippen LogP contribution in [0.4, 0.5) is 0 Å². The predicted molar refractivity (Wildman–Crippen MR) is 91.3 cm³/mol. The number of hydrogen-bond donors (Lipinski definition) is 1. The molecule has 3 nitrogen and oxygen atoms in total. The van der Waals surface area contributed by atoms with Crippen LogP contribution in [-0.2, 0) is 15.8 Å². The number of hydrogen-bond acceptors (Lipinski definition) is 2. The first kappa shape index (κ1) is 16.7. The minimum Gasteiger partial charge on any atom is -0.215 e. The van der Waals surface area contributed by atoms with Crippen LogP contribution in [-0.4, -0.2) is 15.0 Å². The van der Waals surface area contributed by atoms with E-state index in [1.54, 1.807) is 0 Å². The van der Waals surface area contributed by atoms with Crippen molar-refractivity contribution in [3.05, 3.63) is 71.3 Å². The lowest BCUT2D eigenvalue weighted by Crippen LogP contribution is -2.27. The summed E-state index contributed by atoms with van der Waals surface area (Å²) in [5.74, 6) is 0.372. The Kier molecular flexibility index (Phi) is 5.75. The van der Waals surface area contributed by atoms with Crippen molar-refractivity contribution < 1.29 is 8.42 Å². The molecule has 2 aromatic carbocycles. The van der Waals surface area contributed by atoms with Crippen molar-refractivity contribution in [1.29, 1.82) is 0 Å². The molecule has 1 N–H and O–H groups in total. The lowest BCUT2D eigenvalue weighted by Gasteiger charge is -2.13. The third-order valence-electron chi connectivity index (χ3n) is 3.71. The lowest BCUT2D eigenvalue weighted by molar-refractivity contribution is 0.572. The fourth-order valence-electron chi connectivity index (χ4n) is 2.45. The summed E-state index contributed by atoms with van der Waals surface area (Å²) in [5, 5.41) is 0. The molecule has 118 valence electrons. The van der Waals surface area contributed by atoms with E-state index < -0.39 is 10.0 Å². The molecular formula is C18H23NO2S. The monoisotopic (exact) mass is 317 g/mol. The molecule has 0 bridgehead atoms. The Bertz CT molecular complexity index is 696. The fourth-order valence-corrected chi connectivity index (χ4v) is 3.60. The highest BCUT2D eigenvalue weighted by atomic mass is 32.2. The normalized spacial score (nSPS) is 13.0. The third kappa shape index (κ3) is 5.28. The largest absolute Gasteiger partial charge is 0.215 e. The van der Waals surface area contributed by atoms with Gasteiger partial charge < -0.3 is 0 Å². The molecule has 0 radical (unpaired) electrons. The minimum absolute atomic E-state index is 0.0361. The maximum atomic E-state index is 12.1. The van der Waals surface area contributed by atoms with Gasteiger partial charge in [-0.25, -0.2) is 13.1 Å². The summed E-state index contributed by atoms with van der Waals surface area (Å²) in [6.07, 6.45) is 0.789. The van der Waals surface area contributed by atoms with Crippen molar-refractivity contribution in [2.75, 3.05) is 6.54 Å². The van der Waals surface area contributed by atoms with Crippen molar-refractivity contribution in [1.82, 2.24) is 4.72 Å². The SMILES string of the molecule is Cc1cccc(CS(=O)(=O)NCCC(C)c2ccccc2)c1. The van der Waals surface area contributed by atoms with Gasteiger partial charge in [0.2, 0.25) is 10.0 Å². The smallest absolute Gasteiger partial charge is 0.215 e. The molecule has 0 aliphatic carbocycles. The van der Waals surface area contributed by atoms with Gasteiger partial charge in [-0.15, -0.1) is 0 Å². The maximum Gasteiger partial charge on any atom is 0.215 e. The molecule has 0 amide bonds. The second-order valence-corrected chi connectivity index (χ2v) is 7.55. The highest BCUT2D eigenvalue weighted by Crippen LogP contribution is 2.17. The van der Waals surface area contributed by atoms with E-state index in [1.807, 2.05) is 49.4 Å². The van der Waals surface area contributed by atoms with Crippen LogP contribution in [0.2, 0.25) is 0 Å². The average Bonchev–Trinajstić information content (AvgIpc) is 2.47. The molecule has 1 unspecified atom stereocenters. The van der Waals surface area contributed by atoms with Crippen molar-refractivity contribution in [3.8, 4) is 0 Å². The van der Waals surface area contributed by atoms with Crippen LogP contribution >= 0.6 is 0 Å². The lowest BCUT2D eigenvalue weighted by atomic mass is 9.98. The summed E-state index contributed by atoms with van der Waals surface area (Å²) in [7, 11) is -3.28. The van der Waals surface area contributed by atoms with E-state index >= 15 is 0 Å². The van der Waals surface area contributed by atoms with Gasteiger partial charge >= 0.3 is 0 Å². The summed E-state index contributed by atoms with van der Waals surface area (Å²) in [4.78, 5) is 0. The van der Waals surface area contributed by atoms with E-state index in [4.69, 9.17) is 0 Å². The van der Waals surface area contributed by atoms with Crippen LogP contribution < -0.4 is 4.72 Å². The van der Waals surface area contributed by atoms with E-state index in [2.05, 4.69) is 23.8 Å². The topological polar surface area (TPSA) is 46.2 Å². The zero-order valence-corrected chi connectivity index (χ0v) is 13.9. The van der Waals surface area contributed by atoms with E-state index in [-0.39, 0.29) is 5.75 Å². The molecular weight excluding hydrogens is 294 g/mol. The molecule has 0 heterocycles. The summed E-state index contributed by atoms with van der Waals surface area (Å²) in [6.45, 7) is 4.54. The maximum absolute atomic E-state index is 12.1. The van der Waals surface area contributed by atoms with E-state index in [9.17, 15) is 8.42 Å². The van der Waals surface area contributed by atoms with Gasteiger partial charge in [0.1, 0.15) is 0 Å². The highest BCUT2D eigenvalue weighted by Gasteiger charge is 2.12. The zero-order valence-electron chi connectivity index (χ0n) is 13.1. The van der Waals surface area contributed by atoms with Crippen molar-refractivity contribution in [2.45, 2.75) is 31.9 Å². The third-order valence-corrected chi connectivity index (χ3v) is 5.06. The Balaban J connectivity index is 1.85. The van der Waals surface area contributed by atoms with Gasteiger partial charge in [-0.05, 0) is 30.4 Å². The molecule has 0 aromatic heterocycles. The number of aryl methyl sites for hydroxylation is 1.